The molecule has 0 radical (unpaired) electrons. The summed E-state index contributed by atoms with van der Waals surface area (Å²) in [6.45, 7) is 5.61. The first-order valence-corrected chi connectivity index (χ1v) is 4.79. The van der Waals surface area contributed by atoms with Crippen molar-refractivity contribution in [3.05, 3.63) is 12.0 Å². The number of hydrogen-bond acceptors (Lipinski definition) is 5. The predicted molar refractivity (Wildman–Crippen MR) is 54.1 cm³/mol. The van der Waals surface area contributed by atoms with Crippen molar-refractivity contribution in [2.75, 3.05) is 24.6 Å². The van der Waals surface area contributed by atoms with Crippen molar-refractivity contribution in [2.24, 2.45) is 5.73 Å². The van der Waals surface area contributed by atoms with Gasteiger partial charge in [-0.15, -0.1) is 0 Å². The number of aliphatic hydroxyl groups is 1. The minimum absolute atomic E-state index is 0.121. The van der Waals surface area contributed by atoms with Gasteiger partial charge in [0.25, 0.3) is 6.01 Å². The van der Waals surface area contributed by atoms with Gasteiger partial charge in [0.15, 0.2) is 0 Å². The Morgan fingerprint density at radius 2 is 2.21 bits per heavy atom. The Balaban J connectivity index is 2.76. The second kappa shape index (κ2) is 4.97. The zero-order valence-corrected chi connectivity index (χ0v) is 8.60. The summed E-state index contributed by atoms with van der Waals surface area (Å²) < 4.78 is 5.26. The first kappa shape index (κ1) is 11.0. The smallest absolute Gasteiger partial charge is 0.297 e. The number of oxazole rings is 1. The fourth-order valence-electron chi connectivity index (χ4n) is 1.18. The Morgan fingerprint density at radius 3 is 2.71 bits per heavy atom. The second-order valence-corrected chi connectivity index (χ2v) is 3.02. The molecule has 1 rings (SSSR count). The molecule has 0 aliphatic rings. The van der Waals surface area contributed by atoms with Gasteiger partial charge >= 0.3 is 0 Å². The van der Waals surface area contributed by atoms with Crippen molar-refractivity contribution in [1.29, 1.82) is 0 Å². The Hall–Kier alpha value is -1.07. The standard InChI is InChI=1S/C9H17N3O2/c1-3-12(4-2)9-11-8(6-14-9)7(10)5-13/h6-7,13H,3-5,10H2,1-2H3. The van der Waals surface area contributed by atoms with Gasteiger partial charge in [-0.2, -0.15) is 4.98 Å². The summed E-state index contributed by atoms with van der Waals surface area (Å²) in [5, 5.41) is 8.83. The Bertz CT molecular complexity index is 271. The summed E-state index contributed by atoms with van der Waals surface area (Å²) in [6, 6.07) is 0.108. The summed E-state index contributed by atoms with van der Waals surface area (Å²) in [4.78, 5) is 6.18. The van der Waals surface area contributed by atoms with Crippen molar-refractivity contribution in [3.63, 3.8) is 0 Å². The molecule has 14 heavy (non-hydrogen) atoms. The third-order valence-corrected chi connectivity index (χ3v) is 2.12. The van der Waals surface area contributed by atoms with Gasteiger partial charge in [-0.05, 0) is 13.8 Å². The lowest BCUT2D eigenvalue weighted by Crippen LogP contribution is -2.22. The van der Waals surface area contributed by atoms with Gasteiger partial charge in [-0.25, -0.2) is 0 Å². The number of rotatable bonds is 5. The van der Waals surface area contributed by atoms with Gasteiger partial charge in [-0.1, -0.05) is 0 Å². The number of hydrogen-bond donors (Lipinski definition) is 2. The van der Waals surface area contributed by atoms with Gasteiger partial charge in [0.05, 0.1) is 12.6 Å². The number of nitrogens with two attached hydrogens (primary N) is 1. The second-order valence-electron chi connectivity index (χ2n) is 3.02. The van der Waals surface area contributed by atoms with E-state index in [4.69, 9.17) is 15.3 Å². The van der Waals surface area contributed by atoms with Crippen LogP contribution in [0.4, 0.5) is 6.01 Å². The van der Waals surface area contributed by atoms with Crippen LogP contribution >= 0.6 is 0 Å². The maximum atomic E-state index is 8.83. The van der Waals surface area contributed by atoms with E-state index in [2.05, 4.69) is 4.98 Å². The fourth-order valence-corrected chi connectivity index (χ4v) is 1.18. The molecule has 0 spiro atoms. The van der Waals surface area contributed by atoms with E-state index < -0.39 is 6.04 Å². The van der Waals surface area contributed by atoms with Crippen molar-refractivity contribution in [1.82, 2.24) is 4.98 Å². The molecule has 0 amide bonds. The molecule has 0 aliphatic carbocycles. The predicted octanol–water partition coefficient (Wildman–Crippen LogP) is 0.513. The highest BCUT2D eigenvalue weighted by molar-refractivity contribution is 5.26. The van der Waals surface area contributed by atoms with Crippen LogP contribution in [-0.2, 0) is 0 Å². The van der Waals surface area contributed by atoms with Gasteiger partial charge < -0.3 is 20.2 Å². The Kier molecular flexibility index (Phi) is 3.91. The lowest BCUT2D eigenvalue weighted by molar-refractivity contribution is 0.265. The van der Waals surface area contributed by atoms with E-state index in [9.17, 15) is 0 Å². The number of nitrogens with zero attached hydrogens (tertiary/aromatic N) is 2. The molecule has 0 aromatic carbocycles. The zero-order valence-electron chi connectivity index (χ0n) is 8.60. The molecule has 0 aliphatic heterocycles. The highest BCUT2D eigenvalue weighted by Gasteiger charge is 2.13. The molecule has 1 atom stereocenters. The first-order chi connectivity index (χ1) is 6.72. The van der Waals surface area contributed by atoms with Crippen LogP contribution < -0.4 is 10.6 Å². The lowest BCUT2D eigenvalue weighted by atomic mass is 10.3. The molecular weight excluding hydrogens is 182 g/mol. The summed E-state index contributed by atoms with van der Waals surface area (Å²) >= 11 is 0. The molecule has 5 nitrogen and oxygen atoms in total. The topological polar surface area (TPSA) is 75.5 Å². The van der Waals surface area contributed by atoms with Crippen LogP contribution in [0.2, 0.25) is 0 Å². The van der Waals surface area contributed by atoms with Crippen LogP contribution in [0.15, 0.2) is 10.7 Å². The Labute approximate surface area is 83.5 Å². The molecule has 3 N–H and O–H groups in total. The van der Waals surface area contributed by atoms with E-state index in [1.54, 1.807) is 0 Å². The average molecular weight is 199 g/mol. The van der Waals surface area contributed by atoms with Gasteiger partial charge in [0, 0.05) is 13.1 Å². The first-order valence-electron chi connectivity index (χ1n) is 4.79. The molecule has 0 saturated heterocycles. The summed E-state index contributed by atoms with van der Waals surface area (Å²) in [6.07, 6.45) is 1.49. The van der Waals surface area contributed by atoms with Crippen LogP contribution in [0.3, 0.4) is 0 Å². The minimum Gasteiger partial charge on any atom is -0.432 e. The Morgan fingerprint density at radius 1 is 1.57 bits per heavy atom. The molecule has 0 bridgehead atoms. The highest BCUT2D eigenvalue weighted by Crippen LogP contribution is 2.16. The van der Waals surface area contributed by atoms with Gasteiger partial charge in [-0.3, -0.25) is 0 Å². The van der Waals surface area contributed by atoms with E-state index in [1.807, 2.05) is 18.7 Å². The van der Waals surface area contributed by atoms with E-state index in [-0.39, 0.29) is 6.61 Å². The summed E-state index contributed by atoms with van der Waals surface area (Å²) in [5.41, 5.74) is 6.19. The number of aromatic nitrogens is 1. The van der Waals surface area contributed by atoms with Gasteiger partial charge in [0.1, 0.15) is 12.0 Å². The molecule has 1 heterocycles. The average Bonchev–Trinajstić information content (AvgIpc) is 2.68. The maximum Gasteiger partial charge on any atom is 0.297 e. The molecule has 80 valence electrons. The zero-order chi connectivity index (χ0) is 10.6. The quantitative estimate of drug-likeness (QED) is 0.722. The largest absolute Gasteiger partial charge is 0.432 e. The van der Waals surface area contributed by atoms with Crippen molar-refractivity contribution >= 4 is 6.01 Å². The van der Waals surface area contributed by atoms with Gasteiger partial charge in [0.2, 0.25) is 0 Å². The SMILES string of the molecule is CCN(CC)c1nc(C(N)CO)co1. The van der Waals surface area contributed by atoms with Crippen molar-refractivity contribution in [2.45, 2.75) is 19.9 Å². The maximum absolute atomic E-state index is 8.83. The summed E-state index contributed by atoms with van der Waals surface area (Å²) in [7, 11) is 0. The molecule has 1 unspecified atom stereocenters. The van der Waals surface area contributed by atoms with E-state index in [0.717, 1.165) is 13.1 Å². The molecule has 0 saturated carbocycles. The number of aliphatic hydroxyl groups excluding tert-OH is 1. The minimum atomic E-state index is -0.455. The van der Waals surface area contributed by atoms with E-state index in [1.165, 1.54) is 6.26 Å². The number of anilines is 1. The fraction of sp³-hybridized carbons (Fsp3) is 0.667. The molecule has 0 fully saturated rings. The van der Waals surface area contributed by atoms with Crippen molar-refractivity contribution in [3.8, 4) is 0 Å². The summed E-state index contributed by atoms with van der Waals surface area (Å²) in [5.74, 6) is 0. The lowest BCUT2D eigenvalue weighted by Gasteiger charge is -2.14. The molecule has 1 aromatic rings. The molecule has 5 heteroatoms. The third kappa shape index (κ3) is 2.24. The van der Waals surface area contributed by atoms with Crippen LogP contribution in [0.25, 0.3) is 0 Å². The van der Waals surface area contributed by atoms with Crippen LogP contribution in [0, 0.1) is 0 Å². The highest BCUT2D eigenvalue weighted by atomic mass is 16.4. The normalized spacial score (nSPS) is 12.9. The van der Waals surface area contributed by atoms with Crippen LogP contribution in [-0.4, -0.2) is 29.8 Å². The van der Waals surface area contributed by atoms with Crippen molar-refractivity contribution < 1.29 is 9.52 Å². The third-order valence-electron chi connectivity index (χ3n) is 2.12. The van der Waals surface area contributed by atoms with E-state index >= 15 is 0 Å². The monoisotopic (exact) mass is 199 g/mol. The van der Waals surface area contributed by atoms with Crippen LogP contribution in [0.5, 0.6) is 0 Å². The van der Waals surface area contributed by atoms with Crippen LogP contribution in [0.1, 0.15) is 25.6 Å². The molecule has 1 aromatic heterocycles. The molecular formula is C9H17N3O2. The van der Waals surface area contributed by atoms with E-state index in [0.29, 0.717) is 11.7 Å².